The van der Waals surface area contributed by atoms with Crippen molar-refractivity contribution < 1.29 is 4.79 Å². The summed E-state index contributed by atoms with van der Waals surface area (Å²) in [5, 5.41) is 2.97. The summed E-state index contributed by atoms with van der Waals surface area (Å²) in [6.07, 6.45) is 0.532. The van der Waals surface area contributed by atoms with Crippen LogP contribution < -0.4 is 11.1 Å². The zero-order valence-corrected chi connectivity index (χ0v) is 13.5. The highest BCUT2D eigenvalue weighted by Gasteiger charge is 2.20. The Morgan fingerprint density at radius 2 is 1.64 bits per heavy atom. The molecular weight excluding hydrogens is 272 g/mol. The van der Waals surface area contributed by atoms with Crippen LogP contribution in [0, 0.1) is 0 Å². The van der Waals surface area contributed by atoms with Gasteiger partial charge >= 0.3 is 0 Å². The van der Waals surface area contributed by atoms with Crippen molar-refractivity contribution >= 4 is 11.6 Å². The summed E-state index contributed by atoms with van der Waals surface area (Å²) in [5.74, 6) is -0.152. The topological polar surface area (TPSA) is 55.1 Å². The van der Waals surface area contributed by atoms with Crippen LogP contribution in [-0.4, -0.2) is 11.9 Å². The fourth-order valence-corrected chi connectivity index (χ4v) is 2.43. The highest BCUT2D eigenvalue weighted by atomic mass is 16.2. The lowest BCUT2D eigenvalue weighted by Crippen LogP contribution is -2.38. The fraction of sp³-hybridized carbons (Fsp3) is 0.316. The molecule has 1 atom stereocenters. The first-order chi connectivity index (χ1) is 10.4. The lowest BCUT2D eigenvalue weighted by Gasteiger charge is -2.23. The van der Waals surface area contributed by atoms with Crippen molar-refractivity contribution in [3.8, 4) is 0 Å². The number of amides is 1. The van der Waals surface area contributed by atoms with Crippen LogP contribution in [0.15, 0.2) is 54.6 Å². The van der Waals surface area contributed by atoms with E-state index in [0.717, 1.165) is 16.8 Å². The molecule has 3 nitrogen and oxygen atoms in total. The average Bonchev–Trinajstić information content (AvgIpc) is 2.47. The number of nitrogens with one attached hydrogen (secondary N) is 1. The molecule has 0 saturated carbocycles. The predicted molar refractivity (Wildman–Crippen MR) is 91.9 cm³/mol. The number of hydrogen-bond acceptors (Lipinski definition) is 2. The SMILES string of the molecule is CC(C)(C)c1ccccc1NC(=O)[C@@H](N)Cc1ccccc1. The third kappa shape index (κ3) is 4.18. The van der Waals surface area contributed by atoms with Gasteiger partial charge in [-0.3, -0.25) is 4.79 Å². The normalized spacial score (nSPS) is 12.7. The molecule has 0 aliphatic carbocycles. The smallest absolute Gasteiger partial charge is 0.241 e. The summed E-state index contributed by atoms with van der Waals surface area (Å²) in [6.45, 7) is 6.38. The Hall–Kier alpha value is -2.13. The second kappa shape index (κ2) is 6.75. The van der Waals surface area contributed by atoms with Crippen LogP contribution in [0.3, 0.4) is 0 Å². The van der Waals surface area contributed by atoms with Gasteiger partial charge in [0.2, 0.25) is 5.91 Å². The number of nitrogens with two attached hydrogens (primary N) is 1. The van der Waals surface area contributed by atoms with Gasteiger partial charge in [-0.2, -0.15) is 0 Å². The van der Waals surface area contributed by atoms with Crippen molar-refractivity contribution in [2.75, 3.05) is 5.32 Å². The molecule has 0 aliphatic rings. The van der Waals surface area contributed by atoms with Gasteiger partial charge < -0.3 is 11.1 Å². The molecule has 0 heterocycles. The number of para-hydroxylation sites is 1. The maximum absolute atomic E-state index is 12.4. The van der Waals surface area contributed by atoms with Gasteiger partial charge in [0.15, 0.2) is 0 Å². The highest BCUT2D eigenvalue weighted by molar-refractivity contribution is 5.95. The molecule has 0 unspecified atom stereocenters. The van der Waals surface area contributed by atoms with E-state index in [9.17, 15) is 4.79 Å². The first-order valence-electron chi connectivity index (χ1n) is 7.58. The Morgan fingerprint density at radius 3 is 2.27 bits per heavy atom. The summed E-state index contributed by atoms with van der Waals surface area (Å²) in [6, 6.07) is 17.1. The Kier molecular flexibility index (Phi) is 4.99. The molecule has 0 bridgehead atoms. The van der Waals surface area contributed by atoms with Gasteiger partial charge in [0, 0.05) is 5.69 Å². The Morgan fingerprint density at radius 1 is 1.05 bits per heavy atom. The molecule has 0 fully saturated rings. The minimum atomic E-state index is -0.560. The first-order valence-corrected chi connectivity index (χ1v) is 7.58. The van der Waals surface area contributed by atoms with Gasteiger partial charge in [0.05, 0.1) is 6.04 Å². The molecule has 0 saturated heterocycles. The molecule has 0 aliphatic heterocycles. The molecule has 3 heteroatoms. The molecule has 0 spiro atoms. The predicted octanol–water partition coefficient (Wildman–Crippen LogP) is 3.49. The van der Waals surface area contributed by atoms with Crippen LogP contribution in [-0.2, 0) is 16.6 Å². The van der Waals surface area contributed by atoms with E-state index >= 15 is 0 Å². The van der Waals surface area contributed by atoms with E-state index in [2.05, 4.69) is 26.1 Å². The minimum Gasteiger partial charge on any atom is -0.324 e. The Bertz CT molecular complexity index is 629. The monoisotopic (exact) mass is 296 g/mol. The van der Waals surface area contributed by atoms with Crippen molar-refractivity contribution in [2.24, 2.45) is 5.73 Å². The largest absolute Gasteiger partial charge is 0.324 e. The third-order valence-corrected chi connectivity index (χ3v) is 3.63. The van der Waals surface area contributed by atoms with Crippen LogP contribution in [0.4, 0.5) is 5.69 Å². The summed E-state index contributed by atoms with van der Waals surface area (Å²) in [7, 11) is 0. The molecule has 2 aromatic carbocycles. The van der Waals surface area contributed by atoms with E-state index in [4.69, 9.17) is 5.73 Å². The average molecular weight is 296 g/mol. The van der Waals surface area contributed by atoms with Gasteiger partial charge in [0.1, 0.15) is 0 Å². The zero-order valence-electron chi connectivity index (χ0n) is 13.5. The number of carbonyl (C=O) groups excluding carboxylic acids is 1. The van der Waals surface area contributed by atoms with Gasteiger partial charge in [-0.1, -0.05) is 69.3 Å². The summed E-state index contributed by atoms with van der Waals surface area (Å²) >= 11 is 0. The van der Waals surface area contributed by atoms with Crippen molar-refractivity contribution in [3.05, 3.63) is 65.7 Å². The van der Waals surface area contributed by atoms with E-state index in [-0.39, 0.29) is 11.3 Å². The first kappa shape index (κ1) is 16.2. The van der Waals surface area contributed by atoms with E-state index in [0.29, 0.717) is 6.42 Å². The molecular formula is C19H24N2O. The zero-order chi connectivity index (χ0) is 16.2. The van der Waals surface area contributed by atoms with Gasteiger partial charge in [-0.05, 0) is 29.0 Å². The lowest BCUT2D eigenvalue weighted by atomic mass is 9.86. The number of hydrogen-bond donors (Lipinski definition) is 2. The second-order valence-electron chi connectivity index (χ2n) is 6.58. The summed E-state index contributed by atoms with van der Waals surface area (Å²) < 4.78 is 0. The van der Waals surface area contributed by atoms with Crippen molar-refractivity contribution in [1.82, 2.24) is 0 Å². The molecule has 1 amide bonds. The standard InChI is InChI=1S/C19H24N2O/c1-19(2,3)15-11-7-8-12-17(15)21-18(22)16(20)13-14-9-5-4-6-10-14/h4-12,16H,13,20H2,1-3H3,(H,21,22)/t16-/m0/s1. The maximum Gasteiger partial charge on any atom is 0.241 e. The molecule has 3 N–H and O–H groups in total. The van der Waals surface area contributed by atoms with Crippen LogP contribution >= 0.6 is 0 Å². The number of benzene rings is 2. The second-order valence-corrected chi connectivity index (χ2v) is 6.58. The van der Waals surface area contributed by atoms with Crippen molar-refractivity contribution in [2.45, 2.75) is 38.6 Å². The molecule has 116 valence electrons. The van der Waals surface area contributed by atoms with E-state index < -0.39 is 6.04 Å². The highest BCUT2D eigenvalue weighted by Crippen LogP contribution is 2.29. The van der Waals surface area contributed by atoms with Gasteiger partial charge in [-0.25, -0.2) is 0 Å². The molecule has 22 heavy (non-hydrogen) atoms. The Labute approximate surface area is 132 Å². The van der Waals surface area contributed by atoms with E-state index in [1.807, 2.05) is 54.6 Å². The number of anilines is 1. The van der Waals surface area contributed by atoms with Gasteiger partial charge in [-0.15, -0.1) is 0 Å². The van der Waals surface area contributed by atoms with Crippen molar-refractivity contribution in [1.29, 1.82) is 0 Å². The van der Waals surface area contributed by atoms with Crippen LogP contribution in [0.5, 0.6) is 0 Å². The van der Waals surface area contributed by atoms with E-state index in [1.54, 1.807) is 0 Å². The quantitative estimate of drug-likeness (QED) is 0.907. The Balaban J connectivity index is 2.09. The maximum atomic E-state index is 12.4. The molecule has 0 aromatic heterocycles. The molecule has 2 rings (SSSR count). The molecule has 0 radical (unpaired) electrons. The lowest BCUT2D eigenvalue weighted by molar-refractivity contribution is -0.117. The number of carbonyl (C=O) groups is 1. The minimum absolute atomic E-state index is 0.0343. The third-order valence-electron chi connectivity index (χ3n) is 3.63. The number of rotatable bonds is 4. The van der Waals surface area contributed by atoms with Gasteiger partial charge in [0.25, 0.3) is 0 Å². The van der Waals surface area contributed by atoms with Crippen LogP contribution in [0.1, 0.15) is 31.9 Å². The summed E-state index contributed by atoms with van der Waals surface area (Å²) in [4.78, 5) is 12.4. The summed E-state index contributed by atoms with van der Waals surface area (Å²) in [5.41, 5.74) is 9.02. The van der Waals surface area contributed by atoms with E-state index in [1.165, 1.54) is 0 Å². The van der Waals surface area contributed by atoms with Crippen LogP contribution in [0.25, 0.3) is 0 Å². The van der Waals surface area contributed by atoms with Crippen LogP contribution in [0.2, 0.25) is 0 Å². The molecule has 2 aromatic rings. The fourth-order valence-electron chi connectivity index (χ4n) is 2.43. The van der Waals surface area contributed by atoms with Crippen molar-refractivity contribution in [3.63, 3.8) is 0 Å².